The second-order valence-corrected chi connectivity index (χ2v) is 4.66. The van der Waals surface area contributed by atoms with Crippen LogP contribution in [0.3, 0.4) is 0 Å². The van der Waals surface area contributed by atoms with Crippen LogP contribution in [-0.4, -0.2) is 16.8 Å². The summed E-state index contributed by atoms with van der Waals surface area (Å²) in [5.41, 5.74) is 2.67. The summed E-state index contributed by atoms with van der Waals surface area (Å²) in [7, 11) is 4.01. The molecule has 0 saturated carbocycles. The molecular formula is C12H17N3S. The molecule has 0 aliphatic rings. The fourth-order valence-electron chi connectivity index (χ4n) is 1.89. The highest BCUT2D eigenvalue weighted by Crippen LogP contribution is 2.20. The van der Waals surface area contributed by atoms with Crippen LogP contribution < -0.4 is 5.32 Å². The van der Waals surface area contributed by atoms with Crippen molar-refractivity contribution in [3.63, 3.8) is 0 Å². The van der Waals surface area contributed by atoms with E-state index in [9.17, 15) is 0 Å². The molecule has 4 heteroatoms. The lowest BCUT2D eigenvalue weighted by Gasteiger charge is -2.14. The van der Waals surface area contributed by atoms with E-state index in [-0.39, 0.29) is 0 Å². The Balaban J connectivity index is 1.96. The van der Waals surface area contributed by atoms with Gasteiger partial charge in [-0.25, -0.2) is 0 Å². The van der Waals surface area contributed by atoms with Gasteiger partial charge in [0, 0.05) is 25.0 Å². The topological polar surface area (TPSA) is 29.9 Å². The molecule has 1 N–H and O–H groups in total. The van der Waals surface area contributed by atoms with Crippen LogP contribution in [0, 0.1) is 0 Å². The summed E-state index contributed by atoms with van der Waals surface area (Å²) < 4.78 is 1.94. The van der Waals surface area contributed by atoms with Crippen LogP contribution in [0.25, 0.3) is 0 Å². The lowest BCUT2D eigenvalue weighted by Crippen LogP contribution is -2.17. The minimum atomic E-state index is 0.446. The van der Waals surface area contributed by atoms with E-state index >= 15 is 0 Å². The SMILES string of the molecule is CNC(CCc1ccnn1C)c1ccsc1. The highest BCUT2D eigenvalue weighted by molar-refractivity contribution is 7.07. The summed E-state index contributed by atoms with van der Waals surface area (Å²) in [5.74, 6) is 0. The molecule has 0 fully saturated rings. The molecule has 0 aliphatic carbocycles. The molecule has 3 nitrogen and oxygen atoms in total. The van der Waals surface area contributed by atoms with Gasteiger partial charge in [0.1, 0.15) is 0 Å². The maximum Gasteiger partial charge on any atom is 0.0492 e. The van der Waals surface area contributed by atoms with Crippen LogP contribution in [0.1, 0.15) is 23.7 Å². The maximum atomic E-state index is 4.18. The number of hydrogen-bond donors (Lipinski definition) is 1. The molecular weight excluding hydrogens is 218 g/mol. The molecule has 0 amide bonds. The van der Waals surface area contributed by atoms with Crippen molar-refractivity contribution >= 4 is 11.3 Å². The molecule has 2 aromatic rings. The van der Waals surface area contributed by atoms with Crippen molar-refractivity contribution in [1.29, 1.82) is 0 Å². The van der Waals surface area contributed by atoms with Gasteiger partial charge in [0.05, 0.1) is 0 Å². The monoisotopic (exact) mass is 235 g/mol. The van der Waals surface area contributed by atoms with Gasteiger partial charge in [-0.15, -0.1) is 0 Å². The average molecular weight is 235 g/mol. The molecule has 0 aromatic carbocycles. The zero-order valence-corrected chi connectivity index (χ0v) is 10.5. The Morgan fingerprint density at radius 3 is 2.94 bits per heavy atom. The van der Waals surface area contributed by atoms with Crippen LogP contribution in [0.2, 0.25) is 0 Å². The van der Waals surface area contributed by atoms with E-state index in [1.54, 1.807) is 11.3 Å². The second kappa shape index (κ2) is 5.27. The van der Waals surface area contributed by atoms with Gasteiger partial charge in [0.2, 0.25) is 0 Å². The van der Waals surface area contributed by atoms with Gasteiger partial charge in [-0.05, 0) is 48.3 Å². The fourth-order valence-corrected chi connectivity index (χ4v) is 2.60. The van der Waals surface area contributed by atoms with Gasteiger partial charge in [-0.3, -0.25) is 4.68 Å². The number of nitrogens with one attached hydrogen (secondary N) is 1. The van der Waals surface area contributed by atoms with Crippen molar-refractivity contribution in [2.24, 2.45) is 7.05 Å². The molecule has 0 bridgehead atoms. The standard InChI is InChI=1S/C12H17N3S/c1-13-12(10-6-8-16-9-10)4-3-11-5-7-14-15(11)2/h5-9,12-13H,3-4H2,1-2H3. The van der Waals surface area contributed by atoms with E-state index in [0.717, 1.165) is 12.8 Å². The van der Waals surface area contributed by atoms with Crippen molar-refractivity contribution in [1.82, 2.24) is 15.1 Å². The van der Waals surface area contributed by atoms with Crippen LogP contribution >= 0.6 is 11.3 Å². The summed E-state index contributed by atoms with van der Waals surface area (Å²) in [6, 6.07) is 4.72. The molecule has 0 spiro atoms. The Labute approximate surface area is 100 Å². The van der Waals surface area contributed by atoms with E-state index < -0.39 is 0 Å². The summed E-state index contributed by atoms with van der Waals surface area (Å²) in [6.07, 6.45) is 4.01. The summed E-state index contributed by atoms with van der Waals surface area (Å²) in [6.45, 7) is 0. The first-order valence-electron chi connectivity index (χ1n) is 5.47. The van der Waals surface area contributed by atoms with E-state index in [1.165, 1.54) is 11.3 Å². The van der Waals surface area contributed by atoms with E-state index in [2.05, 4.69) is 33.3 Å². The Hall–Kier alpha value is -1.13. The molecule has 16 heavy (non-hydrogen) atoms. The predicted octanol–water partition coefficient (Wildman–Crippen LogP) is 2.37. The minimum Gasteiger partial charge on any atom is -0.313 e. The number of nitrogens with zero attached hydrogens (tertiary/aromatic N) is 2. The summed E-state index contributed by atoms with van der Waals surface area (Å²) in [5, 5.41) is 11.9. The first-order valence-corrected chi connectivity index (χ1v) is 6.42. The summed E-state index contributed by atoms with van der Waals surface area (Å²) in [4.78, 5) is 0. The molecule has 0 saturated heterocycles. The highest BCUT2D eigenvalue weighted by atomic mass is 32.1. The molecule has 2 rings (SSSR count). The van der Waals surface area contributed by atoms with Crippen molar-refractivity contribution in [3.8, 4) is 0 Å². The number of hydrogen-bond acceptors (Lipinski definition) is 3. The Morgan fingerprint density at radius 1 is 1.50 bits per heavy atom. The molecule has 0 radical (unpaired) electrons. The lowest BCUT2D eigenvalue weighted by molar-refractivity contribution is 0.537. The van der Waals surface area contributed by atoms with Crippen LogP contribution in [0.5, 0.6) is 0 Å². The van der Waals surface area contributed by atoms with E-state index in [4.69, 9.17) is 0 Å². The predicted molar refractivity (Wildman–Crippen MR) is 67.6 cm³/mol. The molecule has 0 aliphatic heterocycles. The minimum absolute atomic E-state index is 0.446. The quantitative estimate of drug-likeness (QED) is 0.862. The molecule has 1 atom stereocenters. The van der Waals surface area contributed by atoms with Gasteiger partial charge < -0.3 is 5.32 Å². The zero-order chi connectivity index (χ0) is 11.4. The van der Waals surface area contributed by atoms with Gasteiger partial charge in [0.15, 0.2) is 0 Å². The largest absolute Gasteiger partial charge is 0.313 e. The van der Waals surface area contributed by atoms with Crippen LogP contribution in [0.15, 0.2) is 29.1 Å². The Morgan fingerprint density at radius 2 is 2.38 bits per heavy atom. The Bertz CT molecular complexity index is 419. The molecule has 1 unspecified atom stereocenters. The first kappa shape index (κ1) is 11.4. The Kier molecular flexibility index (Phi) is 3.74. The van der Waals surface area contributed by atoms with Gasteiger partial charge in [0.25, 0.3) is 0 Å². The third-order valence-electron chi connectivity index (χ3n) is 2.91. The average Bonchev–Trinajstić information content (AvgIpc) is 2.92. The van der Waals surface area contributed by atoms with Crippen molar-refractivity contribution in [2.75, 3.05) is 7.05 Å². The number of rotatable bonds is 5. The van der Waals surface area contributed by atoms with Gasteiger partial charge in [-0.1, -0.05) is 0 Å². The van der Waals surface area contributed by atoms with E-state index in [1.807, 2.05) is 25.0 Å². The maximum absolute atomic E-state index is 4.18. The van der Waals surface area contributed by atoms with Crippen molar-refractivity contribution in [2.45, 2.75) is 18.9 Å². The smallest absolute Gasteiger partial charge is 0.0492 e. The molecule has 86 valence electrons. The number of aryl methyl sites for hydroxylation is 2. The zero-order valence-electron chi connectivity index (χ0n) is 9.68. The number of thiophene rings is 1. The van der Waals surface area contributed by atoms with Gasteiger partial charge >= 0.3 is 0 Å². The van der Waals surface area contributed by atoms with Crippen LogP contribution in [0.4, 0.5) is 0 Å². The summed E-state index contributed by atoms with van der Waals surface area (Å²) >= 11 is 1.75. The van der Waals surface area contributed by atoms with Crippen molar-refractivity contribution < 1.29 is 0 Å². The fraction of sp³-hybridized carbons (Fsp3) is 0.417. The highest BCUT2D eigenvalue weighted by Gasteiger charge is 2.10. The molecule has 2 heterocycles. The third kappa shape index (κ3) is 2.51. The normalized spacial score (nSPS) is 12.9. The second-order valence-electron chi connectivity index (χ2n) is 3.88. The van der Waals surface area contributed by atoms with Crippen molar-refractivity contribution in [3.05, 3.63) is 40.3 Å². The molecule has 2 aromatic heterocycles. The van der Waals surface area contributed by atoms with Crippen LogP contribution in [-0.2, 0) is 13.5 Å². The van der Waals surface area contributed by atoms with Gasteiger partial charge in [-0.2, -0.15) is 16.4 Å². The first-order chi connectivity index (χ1) is 7.81. The lowest BCUT2D eigenvalue weighted by atomic mass is 10.0. The third-order valence-corrected chi connectivity index (χ3v) is 3.61. The number of aromatic nitrogens is 2. The van der Waals surface area contributed by atoms with E-state index in [0.29, 0.717) is 6.04 Å².